The van der Waals surface area contributed by atoms with Crippen molar-refractivity contribution in [1.29, 1.82) is 0 Å². The molecule has 11 heteroatoms. The highest BCUT2D eigenvalue weighted by Crippen LogP contribution is 2.19. The molecular formula is C16H12ClN3O7. The molecule has 0 radical (unpaired) electrons. The molecule has 0 unspecified atom stereocenters. The minimum atomic E-state index is -1.02. The van der Waals surface area contributed by atoms with Gasteiger partial charge in [0.05, 0.1) is 28.2 Å². The smallest absolute Gasteiger partial charge is 0.338 e. The number of pyridine rings is 1. The molecule has 1 amide bonds. The highest BCUT2D eigenvalue weighted by molar-refractivity contribution is 6.30. The molecule has 0 aliphatic heterocycles. The van der Waals surface area contributed by atoms with Crippen LogP contribution in [0.3, 0.4) is 0 Å². The number of esters is 2. The molecule has 0 atom stereocenters. The van der Waals surface area contributed by atoms with Crippen molar-refractivity contribution in [1.82, 2.24) is 4.98 Å². The number of aromatic nitrogens is 1. The van der Waals surface area contributed by atoms with E-state index in [0.29, 0.717) is 5.02 Å². The van der Waals surface area contributed by atoms with E-state index in [2.05, 4.69) is 15.0 Å². The Hall–Kier alpha value is -3.53. The highest BCUT2D eigenvalue weighted by Gasteiger charge is 2.20. The Morgan fingerprint density at radius 2 is 1.85 bits per heavy atom. The number of amides is 1. The molecule has 2 aromatic rings. The molecule has 0 fully saturated rings. The second-order valence-corrected chi connectivity index (χ2v) is 5.44. The Bertz CT molecular complexity index is 899. The van der Waals surface area contributed by atoms with Crippen molar-refractivity contribution in [3.8, 4) is 0 Å². The van der Waals surface area contributed by atoms with Gasteiger partial charge in [0.1, 0.15) is 5.82 Å². The largest absolute Gasteiger partial charge is 0.465 e. The van der Waals surface area contributed by atoms with Crippen molar-refractivity contribution >= 4 is 41.0 Å². The molecule has 2 rings (SSSR count). The van der Waals surface area contributed by atoms with Crippen LogP contribution in [0.4, 0.5) is 11.5 Å². The fraction of sp³-hybridized carbons (Fsp3) is 0.125. The molecule has 0 aliphatic rings. The van der Waals surface area contributed by atoms with Crippen LogP contribution in [0.5, 0.6) is 0 Å². The zero-order valence-corrected chi connectivity index (χ0v) is 14.6. The maximum absolute atomic E-state index is 12.1. The first-order valence-electron chi connectivity index (χ1n) is 7.26. The Balaban J connectivity index is 2.07. The number of hydrogen-bond acceptors (Lipinski definition) is 8. The summed E-state index contributed by atoms with van der Waals surface area (Å²) in [4.78, 5) is 49.5. The van der Waals surface area contributed by atoms with Gasteiger partial charge >= 0.3 is 11.9 Å². The molecule has 0 saturated carbocycles. The van der Waals surface area contributed by atoms with E-state index in [1.807, 2.05) is 0 Å². The van der Waals surface area contributed by atoms with E-state index in [1.54, 1.807) is 0 Å². The monoisotopic (exact) mass is 393 g/mol. The molecule has 140 valence electrons. The lowest BCUT2D eigenvalue weighted by Gasteiger charge is -2.07. The molecular weight excluding hydrogens is 382 g/mol. The maximum atomic E-state index is 12.1. The van der Waals surface area contributed by atoms with Gasteiger partial charge < -0.3 is 14.8 Å². The number of anilines is 1. The normalized spacial score (nSPS) is 10.0. The lowest BCUT2D eigenvalue weighted by Crippen LogP contribution is -2.21. The van der Waals surface area contributed by atoms with Gasteiger partial charge in [-0.3, -0.25) is 14.9 Å². The van der Waals surface area contributed by atoms with Crippen molar-refractivity contribution in [2.45, 2.75) is 0 Å². The average molecular weight is 394 g/mol. The standard InChI is InChI=1S/C16H12ClN3O7/c1-26-15(22)9-4-10(6-12(5-9)20(24)25)16(23)27-8-14(21)19-13-3-2-11(17)7-18-13/h2-7H,8H2,1H3,(H,18,19,21). The third-order valence-electron chi connectivity index (χ3n) is 3.11. The summed E-state index contributed by atoms with van der Waals surface area (Å²) < 4.78 is 9.29. The van der Waals surface area contributed by atoms with Gasteiger partial charge in [-0.05, 0) is 18.2 Å². The topological polar surface area (TPSA) is 138 Å². The van der Waals surface area contributed by atoms with Gasteiger partial charge in [-0.2, -0.15) is 0 Å². The number of halogens is 1. The molecule has 0 aliphatic carbocycles. The van der Waals surface area contributed by atoms with Gasteiger partial charge in [0.2, 0.25) is 0 Å². The first-order valence-corrected chi connectivity index (χ1v) is 7.64. The summed E-state index contributed by atoms with van der Waals surface area (Å²) in [7, 11) is 1.09. The van der Waals surface area contributed by atoms with Crippen LogP contribution < -0.4 is 5.32 Å². The number of nitrogens with one attached hydrogen (secondary N) is 1. The van der Waals surface area contributed by atoms with Gasteiger partial charge in [0.25, 0.3) is 11.6 Å². The number of hydrogen-bond donors (Lipinski definition) is 1. The third kappa shape index (κ3) is 5.47. The van der Waals surface area contributed by atoms with Crippen molar-refractivity contribution in [3.05, 3.63) is 62.8 Å². The SMILES string of the molecule is COC(=O)c1cc(C(=O)OCC(=O)Nc2ccc(Cl)cn2)cc([N+](=O)[O-])c1. The van der Waals surface area contributed by atoms with Gasteiger partial charge in [0.15, 0.2) is 6.61 Å². The van der Waals surface area contributed by atoms with Crippen LogP contribution in [0.15, 0.2) is 36.5 Å². The predicted octanol–water partition coefficient (Wildman–Crippen LogP) is 2.23. The van der Waals surface area contributed by atoms with Crippen LogP contribution in [0.1, 0.15) is 20.7 Å². The van der Waals surface area contributed by atoms with Crippen molar-refractivity contribution < 1.29 is 28.8 Å². The molecule has 0 saturated heterocycles. The number of rotatable bonds is 6. The number of methoxy groups -OCH3 is 1. The van der Waals surface area contributed by atoms with Crippen molar-refractivity contribution in [2.24, 2.45) is 0 Å². The van der Waals surface area contributed by atoms with Crippen LogP contribution >= 0.6 is 11.6 Å². The quantitative estimate of drug-likeness (QED) is 0.448. The summed E-state index contributed by atoms with van der Waals surface area (Å²) in [5.74, 6) is -2.37. The predicted molar refractivity (Wildman–Crippen MR) is 92.6 cm³/mol. The number of carbonyl (C=O) groups is 3. The Morgan fingerprint density at radius 3 is 2.41 bits per heavy atom. The Morgan fingerprint density at radius 1 is 1.19 bits per heavy atom. The minimum absolute atomic E-state index is 0.198. The number of benzene rings is 1. The number of ether oxygens (including phenoxy) is 2. The molecule has 1 N–H and O–H groups in total. The van der Waals surface area contributed by atoms with E-state index in [1.165, 1.54) is 18.3 Å². The molecule has 1 aromatic carbocycles. The summed E-state index contributed by atoms with van der Waals surface area (Å²) in [5, 5.41) is 13.7. The van der Waals surface area contributed by atoms with E-state index in [-0.39, 0.29) is 16.9 Å². The Labute approximate surface area is 157 Å². The summed E-state index contributed by atoms with van der Waals surface area (Å²) >= 11 is 5.67. The van der Waals surface area contributed by atoms with Crippen LogP contribution in [-0.2, 0) is 14.3 Å². The van der Waals surface area contributed by atoms with Gasteiger partial charge in [-0.25, -0.2) is 14.6 Å². The zero-order valence-electron chi connectivity index (χ0n) is 13.8. The fourth-order valence-corrected chi connectivity index (χ4v) is 2.03. The summed E-state index contributed by atoms with van der Waals surface area (Å²) in [6.45, 7) is -0.667. The van der Waals surface area contributed by atoms with E-state index in [9.17, 15) is 24.5 Å². The third-order valence-corrected chi connectivity index (χ3v) is 3.34. The summed E-state index contributed by atoms with van der Waals surface area (Å²) in [5.41, 5.74) is -0.977. The van der Waals surface area contributed by atoms with Crippen LogP contribution in [0, 0.1) is 10.1 Å². The number of non-ortho nitro benzene ring substituents is 1. The Kier molecular flexibility index (Phi) is 6.39. The number of nitrogens with zero attached hydrogens (tertiary/aromatic N) is 2. The molecule has 1 aromatic heterocycles. The van der Waals surface area contributed by atoms with Crippen LogP contribution in [0.2, 0.25) is 5.02 Å². The first kappa shape index (κ1) is 19.8. The first-order chi connectivity index (χ1) is 12.8. The molecule has 0 spiro atoms. The second kappa shape index (κ2) is 8.72. The van der Waals surface area contributed by atoms with Gasteiger partial charge in [-0.1, -0.05) is 11.6 Å². The minimum Gasteiger partial charge on any atom is -0.465 e. The molecule has 10 nitrogen and oxygen atoms in total. The van der Waals surface area contributed by atoms with Crippen molar-refractivity contribution in [2.75, 3.05) is 19.0 Å². The van der Waals surface area contributed by atoms with Gasteiger partial charge in [-0.15, -0.1) is 0 Å². The summed E-state index contributed by atoms with van der Waals surface area (Å²) in [6, 6.07) is 5.91. The molecule has 27 heavy (non-hydrogen) atoms. The van der Waals surface area contributed by atoms with Crippen LogP contribution in [0.25, 0.3) is 0 Å². The van der Waals surface area contributed by atoms with E-state index < -0.39 is 35.1 Å². The van der Waals surface area contributed by atoms with Crippen molar-refractivity contribution in [3.63, 3.8) is 0 Å². The van der Waals surface area contributed by atoms with Gasteiger partial charge in [0, 0.05) is 18.3 Å². The lowest BCUT2D eigenvalue weighted by molar-refractivity contribution is -0.384. The maximum Gasteiger partial charge on any atom is 0.338 e. The zero-order chi connectivity index (χ0) is 20.0. The lowest BCUT2D eigenvalue weighted by atomic mass is 10.1. The van der Waals surface area contributed by atoms with E-state index >= 15 is 0 Å². The second-order valence-electron chi connectivity index (χ2n) is 5.00. The molecule has 0 bridgehead atoms. The van der Waals surface area contributed by atoms with Crippen LogP contribution in [-0.4, -0.2) is 41.5 Å². The van der Waals surface area contributed by atoms with E-state index in [4.69, 9.17) is 16.3 Å². The highest BCUT2D eigenvalue weighted by atomic mass is 35.5. The van der Waals surface area contributed by atoms with E-state index in [0.717, 1.165) is 25.3 Å². The summed E-state index contributed by atoms with van der Waals surface area (Å²) in [6.07, 6.45) is 1.32. The average Bonchev–Trinajstić information content (AvgIpc) is 2.66. The fourth-order valence-electron chi connectivity index (χ4n) is 1.91. The molecule has 1 heterocycles. The number of nitro benzene ring substituents is 1. The number of carbonyl (C=O) groups excluding carboxylic acids is 3. The number of nitro groups is 1.